The van der Waals surface area contributed by atoms with Crippen LogP contribution < -0.4 is 0 Å². The van der Waals surface area contributed by atoms with Gasteiger partial charge in [-0.3, -0.25) is 0 Å². The van der Waals surface area contributed by atoms with Crippen LogP contribution in [0, 0.1) is 45.8 Å². The lowest BCUT2D eigenvalue weighted by molar-refractivity contribution is 0.0990. The van der Waals surface area contributed by atoms with Crippen molar-refractivity contribution in [3.8, 4) is 0 Å². The second-order valence-electron chi connectivity index (χ2n) is 14.2. The van der Waals surface area contributed by atoms with Crippen molar-refractivity contribution in [1.29, 1.82) is 0 Å². The van der Waals surface area contributed by atoms with E-state index in [1.54, 1.807) is 0 Å². The van der Waals surface area contributed by atoms with Gasteiger partial charge < -0.3 is 0 Å². The Hall–Kier alpha value is 0. The third-order valence-electron chi connectivity index (χ3n) is 7.40. The molecule has 0 aliphatic heterocycles. The molecule has 0 saturated carbocycles. The van der Waals surface area contributed by atoms with Crippen LogP contribution in [-0.2, 0) is 0 Å². The Balaban J connectivity index is 5.00. The summed E-state index contributed by atoms with van der Waals surface area (Å²) in [6.45, 7) is 31.9. The molecule has 0 heterocycles. The first-order valence-corrected chi connectivity index (χ1v) is 13.0. The van der Waals surface area contributed by atoms with Gasteiger partial charge in [0, 0.05) is 0 Å². The molecule has 0 N–H and O–H groups in total. The minimum Gasteiger partial charge on any atom is -0.0628 e. The lowest BCUT2D eigenvalue weighted by Crippen LogP contribution is -2.30. The fourth-order valence-corrected chi connectivity index (χ4v) is 5.61. The zero-order valence-corrected chi connectivity index (χ0v) is 23.0. The average molecular weight is 409 g/mol. The Morgan fingerprint density at radius 3 is 1.48 bits per heavy atom. The van der Waals surface area contributed by atoms with Gasteiger partial charge in [-0.2, -0.15) is 0 Å². The summed E-state index contributed by atoms with van der Waals surface area (Å²) in [5, 5.41) is 0. The van der Waals surface area contributed by atoms with Crippen LogP contribution in [0.4, 0.5) is 0 Å². The summed E-state index contributed by atoms with van der Waals surface area (Å²) in [7, 11) is 0. The molecule has 0 nitrogen and oxygen atoms in total. The first kappa shape index (κ1) is 29.0. The SMILES string of the molecule is CC(C)CCC(C)(C)CCC(CC(C)C)CC(C)(C)C(C)CC(C)(C)CC(C)C. The van der Waals surface area contributed by atoms with Crippen molar-refractivity contribution in [2.45, 2.75) is 141 Å². The topological polar surface area (TPSA) is 0 Å². The van der Waals surface area contributed by atoms with E-state index in [1.165, 1.54) is 51.4 Å². The lowest BCUT2D eigenvalue weighted by atomic mass is 9.65. The van der Waals surface area contributed by atoms with Gasteiger partial charge in [0.1, 0.15) is 0 Å². The van der Waals surface area contributed by atoms with E-state index >= 15 is 0 Å². The molecule has 0 rings (SSSR count). The Morgan fingerprint density at radius 1 is 0.517 bits per heavy atom. The van der Waals surface area contributed by atoms with Gasteiger partial charge in [0.2, 0.25) is 0 Å². The van der Waals surface area contributed by atoms with Gasteiger partial charge in [-0.05, 0) is 90.8 Å². The van der Waals surface area contributed by atoms with Crippen LogP contribution in [0.5, 0.6) is 0 Å². The summed E-state index contributed by atoms with van der Waals surface area (Å²) in [6, 6.07) is 0. The second kappa shape index (κ2) is 12.1. The number of rotatable bonds is 15. The monoisotopic (exact) mass is 408 g/mol. The predicted molar refractivity (Wildman–Crippen MR) is 135 cm³/mol. The molecular formula is C29H60. The molecule has 0 aliphatic carbocycles. The Labute approximate surface area is 187 Å². The molecule has 0 amide bonds. The molecule has 0 aromatic rings. The highest BCUT2D eigenvalue weighted by molar-refractivity contribution is 4.85. The molecule has 0 bridgehead atoms. The second-order valence-corrected chi connectivity index (χ2v) is 14.2. The Morgan fingerprint density at radius 2 is 1.03 bits per heavy atom. The maximum atomic E-state index is 2.56. The van der Waals surface area contributed by atoms with Crippen molar-refractivity contribution in [2.75, 3.05) is 0 Å². The molecule has 0 saturated heterocycles. The van der Waals surface area contributed by atoms with Crippen LogP contribution in [-0.4, -0.2) is 0 Å². The van der Waals surface area contributed by atoms with Crippen LogP contribution in [0.2, 0.25) is 0 Å². The van der Waals surface area contributed by atoms with Crippen LogP contribution in [0.25, 0.3) is 0 Å². The van der Waals surface area contributed by atoms with Gasteiger partial charge in [-0.1, -0.05) is 96.4 Å². The van der Waals surface area contributed by atoms with E-state index in [-0.39, 0.29) is 0 Å². The van der Waals surface area contributed by atoms with Gasteiger partial charge in [0.15, 0.2) is 0 Å². The van der Waals surface area contributed by atoms with Crippen LogP contribution >= 0.6 is 0 Å². The summed E-state index contributed by atoms with van der Waals surface area (Å²) in [4.78, 5) is 0. The maximum Gasteiger partial charge on any atom is -0.0326 e. The van der Waals surface area contributed by atoms with Gasteiger partial charge >= 0.3 is 0 Å². The lowest BCUT2D eigenvalue weighted by Gasteiger charge is -2.41. The molecule has 0 fully saturated rings. The third-order valence-corrected chi connectivity index (χ3v) is 7.40. The summed E-state index contributed by atoms with van der Waals surface area (Å²) >= 11 is 0. The predicted octanol–water partition coefficient (Wildman–Crippen LogP) is 10.4. The van der Waals surface area contributed by atoms with E-state index in [9.17, 15) is 0 Å². The van der Waals surface area contributed by atoms with Crippen LogP contribution in [0.3, 0.4) is 0 Å². The molecule has 2 atom stereocenters. The molecule has 176 valence electrons. The highest BCUT2D eigenvalue weighted by Gasteiger charge is 2.34. The van der Waals surface area contributed by atoms with Gasteiger partial charge in [0.05, 0.1) is 0 Å². The van der Waals surface area contributed by atoms with E-state index in [0.717, 1.165) is 29.6 Å². The van der Waals surface area contributed by atoms with Crippen molar-refractivity contribution < 1.29 is 0 Å². The zero-order chi connectivity index (χ0) is 23.0. The molecular weight excluding hydrogens is 348 g/mol. The zero-order valence-electron chi connectivity index (χ0n) is 23.0. The molecule has 0 aromatic carbocycles. The van der Waals surface area contributed by atoms with Crippen molar-refractivity contribution in [3.63, 3.8) is 0 Å². The van der Waals surface area contributed by atoms with Crippen LogP contribution in [0.1, 0.15) is 141 Å². The van der Waals surface area contributed by atoms with Crippen molar-refractivity contribution in [2.24, 2.45) is 45.8 Å². The summed E-state index contributed by atoms with van der Waals surface area (Å²) in [5.74, 6) is 4.08. The fourth-order valence-electron chi connectivity index (χ4n) is 5.61. The molecule has 29 heavy (non-hydrogen) atoms. The minimum atomic E-state index is 0.426. The quantitative estimate of drug-likeness (QED) is 0.253. The first-order valence-electron chi connectivity index (χ1n) is 13.0. The normalized spacial score (nSPS) is 16.1. The van der Waals surface area contributed by atoms with Gasteiger partial charge in [-0.15, -0.1) is 0 Å². The van der Waals surface area contributed by atoms with Crippen molar-refractivity contribution >= 4 is 0 Å². The van der Waals surface area contributed by atoms with Crippen molar-refractivity contribution in [3.05, 3.63) is 0 Å². The summed E-state index contributed by atoms with van der Waals surface area (Å²) in [5.41, 5.74) is 1.38. The maximum absolute atomic E-state index is 2.56. The smallest absolute Gasteiger partial charge is 0.0326 e. The van der Waals surface area contributed by atoms with E-state index in [1.807, 2.05) is 0 Å². The molecule has 0 aromatic heterocycles. The summed E-state index contributed by atoms with van der Waals surface area (Å²) < 4.78 is 0. The van der Waals surface area contributed by atoms with Gasteiger partial charge in [-0.25, -0.2) is 0 Å². The van der Waals surface area contributed by atoms with Crippen molar-refractivity contribution in [1.82, 2.24) is 0 Å². The molecule has 0 radical (unpaired) electrons. The van der Waals surface area contributed by atoms with E-state index in [2.05, 4.69) is 90.0 Å². The highest BCUT2D eigenvalue weighted by atomic mass is 14.4. The fraction of sp³-hybridized carbons (Fsp3) is 1.00. The van der Waals surface area contributed by atoms with E-state index in [0.29, 0.717) is 16.2 Å². The Bertz CT molecular complexity index is 421. The largest absolute Gasteiger partial charge is 0.0628 e. The number of hydrogen-bond donors (Lipinski definition) is 0. The van der Waals surface area contributed by atoms with E-state index < -0.39 is 0 Å². The standard InChI is InChI=1S/C29H60/c1-22(2)14-16-27(8,9)17-15-26(18-23(3)4)21-29(12,13)25(7)20-28(10,11)19-24(5)6/h22-26H,14-21H2,1-13H3. The minimum absolute atomic E-state index is 0.426. The van der Waals surface area contributed by atoms with Gasteiger partial charge in [0.25, 0.3) is 0 Å². The molecule has 0 spiro atoms. The molecule has 0 aliphatic rings. The molecule has 2 unspecified atom stereocenters. The molecule has 0 heteroatoms. The van der Waals surface area contributed by atoms with Crippen LogP contribution in [0.15, 0.2) is 0 Å². The van der Waals surface area contributed by atoms with E-state index in [4.69, 9.17) is 0 Å². The Kier molecular flexibility index (Phi) is 12.1. The third kappa shape index (κ3) is 13.8. The average Bonchev–Trinajstić information content (AvgIpc) is 2.48. The highest BCUT2D eigenvalue weighted by Crippen LogP contribution is 2.45. The summed E-state index contributed by atoms with van der Waals surface area (Å²) in [6.07, 6.45) is 11.0. The number of hydrogen-bond acceptors (Lipinski definition) is 0. The first-order chi connectivity index (χ1) is 13.0.